The molecule has 3 aromatic rings. The lowest BCUT2D eigenvalue weighted by molar-refractivity contribution is -0.143. The first-order valence-corrected chi connectivity index (χ1v) is 14.2. The molecule has 1 amide bonds. The Bertz CT molecular complexity index is 1440. The molecule has 0 radical (unpaired) electrons. The number of halogens is 8. The number of hydrogen-bond acceptors (Lipinski definition) is 4. The van der Waals surface area contributed by atoms with E-state index < -0.39 is 48.0 Å². The van der Waals surface area contributed by atoms with Gasteiger partial charge in [-0.25, -0.2) is 0 Å². The van der Waals surface area contributed by atoms with Crippen LogP contribution in [0, 0.1) is 0 Å². The summed E-state index contributed by atoms with van der Waals surface area (Å²) < 4.78 is 83.2. The van der Waals surface area contributed by atoms with Crippen molar-refractivity contribution in [3.8, 4) is 0 Å². The van der Waals surface area contributed by atoms with Crippen LogP contribution in [0.1, 0.15) is 60.3 Å². The van der Waals surface area contributed by atoms with Gasteiger partial charge in [0.05, 0.1) is 21.2 Å². The lowest BCUT2D eigenvalue weighted by Crippen LogP contribution is -2.42. The summed E-state index contributed by atoms with van der Waals surface area (Å²) >= 11 is 12.3. The maximum absolute atomic E-state index is 14.3. The normalized spacial score (nSPS) is 20.1. The van der Waals surface area contributed by atoms with Crippen LogP contribution < -0.4 is 4.90 Å². The minimum absolute atomic E-state index is 0.0798. The zero-order chi connectivity index (χ0) is 30.4. The van der Waals surface area contributed by atoms with Crippen LogP contribution in [-0.4, -0.2) is 44.7 Å². The molecule has 0 bridgehead atoms. The molecule has 1 aromatic heterocycles. The van der Waals surface area contributed by atoms with Gasteiger partial charge >= 0.3 is 12.4 Å². The van der Waals surface area contributed by atoms with Crippen molar-refractivity contribution in [2.24, 2.45) is 0 Å². The molecule has 0 saturated carbocycles. The summed E-state index contributed by atoms with van der Waals surface area (Å²) in [6.45, 7) is 2.67. The molecule has 0 N–H and O–H groups in total. The van der Waals surface area contributed by atoms with E-state index in [0.29, 0.717) is 34.5 Å². The third-order valence-electron chi connectivity index (χ3n) is 7.69. The van der Waals surface area contributed by atoms with Crippen molar-refractivity contribution >= 4 is 35.1 Å². The molecule has 226 valence electrons. The summed E-state index contributed by atoms with van der Waals surface area (Å²) in [6, 6.07) is 4.81. The smallest absolute Gasteiger partial charge is 0.341 e. The zero-order valence-corrected chi connectivity index (χ0v) is 24.0. The Labute approximate surface area is 248 Å². The van der Waals surface area contributed by atoms with Gasteiger partial charge in [0.15, 0.2) is 0 Å². The van der Waals surface area contributed by atoms with Gasteiger partial charge in [0.1, 0.15) is 11.9 Å². The molecule has 0 spiro atoms. The molecule has 14 heteroatoms. The average molecular weight is 634 g/mol. The summed E-state index contributed by atoms with van der Waals surface area (Å²) in [5.74, 6) is 0.538. The molecule has 3 heterocycles. The largest absolute Gasteiger partial charge is 0.416 e. The highest BCUT2D eigenvalue weighted by atomic mass is 35.5. The molecule has 2 unspecified atom stereocenters. The molecule has 1 saturated heterocycles. The summed E-state index contributed by atoms with van der Waals surface area (Å²) in [7, 11) is 0. The van der Waals surface area contributed by atoms with Crippen LogP contribution in [0.15, 0.2) is 36.4 Å². The fourth-order valence-corrected chi connectivity index (χ4v) is 5.91. The minimum Gasteiger partial charge on any atom is -0.341 e. The van der Waals surface area contributed by atoms with Crippen molar-refractivity contribution in [2.75, 3.05) is 18.0 Å². The number of rotatable bonds is 5. The quantitative estimate of drug-likeness (QED) is 0.275. The van der Waals surface area contributed by atoms with E-state index in [-0.39, 0.29) is 29.5 Å². The highest BCUT2D eigenvalue weighted by Gasteiger charge is 2.40. The number of carbonyl (C=O) groups excluding carboxylic acids is 1. The number of carbonyl (C=O) groups is 1. The second-order valence-corrected chi connectivity index (χ2v) is 11.6. The standard InChI is InChI=1S/C28H27Cl2F6N5O/c1-16-9-24-37-38-26(39-7-3-2-4-8-39)41(24)23(13-17-5-6-21(29)22(30)12-17)25(42)40(16)15-18-10-19(27(31,32)33)14-20(11-18)28(34,35)36/h5-6,10-12,14,16,23H,2-4,7-9,13,15H2,1H3. The average Bonchev–Trinajstić information content (AvgIpc) is 3.30. The Balaban J connectivity index is 1.57. The van der Waals surface area contributed by atoms with Crippen LogP contribution in [0.2, 0.25) is 10.0 Å². The summed E-state index contributed by atoms with van der Waals surface area (Å²) in [6.07, 6.45) is -6.74. The first-order valence-electron chi connectivity index (χ1n) is 13.4. The predicted molar refractivity (Wildman–Crippen MR) is 145 cm³/mol. The lowest BCUT2D eigenvalue weighted by Gasteiger charge is -2.32. The molecule has 6 nitrogen and oxygen atoms in total. The topological polar surface area (TPSA) is 54.3 Å². The number of hydrogen-bond donors (Lipinski definition) is 0. The van der Waals surface area contributed by atoms with Gasteiger partial charge in [-0.15, -0.1) is 10.2 Å². The molecule has 5 rings (SSSR count). The Hall–Kier alpha value is -2.99. The number of nitrogens with zero attached hydrogens (tertiary/aromatic N) is 5. The number of anilines is 1. The molecular formula is C28H27Cl2F6N5O. The first-order chi connectivity index (χ1) is 19.7. The molecule has 2 aliphatic heterocycles. The van der Waals surface area contributed by atoms with Gasteiger partial charge in [-0.3, -0.25) is 9.36 Å². The van der Waals surface area contributed by atoms with E-state index in [1.54, 1.807) is 29.7 Å². The molecule has 42 heavy (non-hydrogen) atoms. The van der Waals surface area contributed by atoms with Crippen LogP contribution in [0.25, 0.3) is 0 Å². The van der Waals surface area contributed by atoms with Gasteiger partial charge in [-0.2, -0.15) is 26.3 Å². The van der Waals surface area contributed by atoms with E-state index in [9.17, 15) is 31.1 Å². The Morgan fingerprint density at radius 3 is 2.10 bits per heavy atom. The van der Waals surface area contributed by atoms with Crippen LogP contribution in [0.5, 0.6) is 0 Å². The maximum atomic E-state index is 14.3. The van der Waals surface area contributed by atoms with E-state index >= 15 is 0 Å². The lowest BCUT2D eigenvalue weighted by atomic mass is 10.0. The Morgan fingerprint density at radius 1 is 0.857 bits per heavy atom. The van der Waals surface area contributed by atoms with Crippen molar-refractivity contribution in [2.45, 2.75) is 70.0 Å². The summed E-state index contributed by atoms with van der Waals surface area (Å²) in [5.41, 5.74) is -2.47. The van der Waals surface area contributed by atoms with Gasteiger partial charge < -0.3 is 9.80 Å². The van der Waals surface area contributed by atoms with Crippen LogP contribution in [0.3, 0.4) is 0 Å². The SMILES string of the molecule is CC1Cc2nnc(N3CCCCC3)n2C(Cc2ccc(Cl)c(Cl)c2)C(=O)N1Cc1cc(C(F)(F)F)cc(C(F)(F)F)c1. The molecule has 2 aliphatic rings. The molecular weight excluding hydrogens is 607 g/mol. The van der Waals surface area contributed by atoms with Crippen molar-refractivity contribution in [3.05, 3.63) is 74.5 Å². The van der Waals surface area contributed by atoms with Crippen LogP contribution in [0.4, 0.5) is 32.3 Å². The van der Waals surface area contributed by atoms with E-state index in [1.807, 2.05) is 0 Å². The monoisotopic (exact) mass is 633 g/mol. The number of alkyl halides is 6. The van der Waals surface area contributed by atoms with E-state index in [4.69, 9.17) is 23.2 Å². The molecule has 1 fully saturated rings. The Kier molecular flexibility index (Phi) is 8.41. The fourth-order valence-electron chi connectivity index (χ4n) is 5.59. The fraction of sp³-hybridized carbons (Fsp3) is 0.464. The first kappa shape index (κ1) is 30.5. The molecule has 2 atom stereocenters. The van der Waals surface area contributed by atoms with Gasteiger partial charge in [0.2, 0.25) is 11.9 Å². The van der Waals surface area contributed by atoms with E-state index in [2.05, 4.69) is 15.1 Å². The minimum atomic E-state index is -5.00. The zero-order valence-electron chi connectivity index (χ0n) is 22.4. The summed E-state index contributed by atoms with van der Waals surface area (Å²) in [4.78, 5) is 17.7. The second kappa shape index (κ2) is 11.6. The Morgan fingerprint density at radius 2 is 1.50 bits per heavy atom. The molecule has 0 aliphatic carbocycles. The van der Waals surface area contributed by atoms with E-state index in [0.717, 1.165) is 32.4 Å². The highest BCUT2D eigenvalue weighted by molar-refractivity contribution is 6.42. The van der Waals surface area contributed by atoms with Crippen molar-refractivity contribution < 1.29 is 31.1 Å². The van der Waals surface area contributed by atoms with Gasteiger partial charge in [0, 0.05) is 38.5 Å². The van der Waals surface area contributed by atoms with Gasteiger partial charge in [-0.1, -0.05) is 29.3 Å². The predicted octanol–water partition coefficient (Wildman–Crippen LogP) is 7.37. The summed E-state index contributed by atoms with van der Waals surface area (Å²) in [5, 5.41) is 9.40. The number of fused-ring (bicyclic) bond motifs is 1. The van der Waals surface area contributed by atoms with Gasteiger partial charge in [0.25, 0.3) is 0 Å². The maximum Gasteiger partial charge on any atom is 0.416 e. The third kappa shape index (κ3) is 6.34. The second-order valence-electron chi connectivity index (χ2n) is 10.7. The number of piperidine rings is 1. The molecule has 2 aromatic carbocycles. The van der Waals surface area contributed by atoms with Crippen molar-refractivity contribution in [3.63, 3.8) is 0 Å². The van der Waals surface area contributed by atoms with Crippen LogP contribution >= 0.6 is 23.2 Å². The number of benzene rings is 2. The number of aromatic nitrogens is 3. The van der Waals surface area contributed by atoms with Crippen molar-refractivity contribution in [1.82, 2.24) is 19.7 Å². The third-order valence-corrected chi connectivity index (χ3v) is 8.43. The van der Waals surface area contributed by atoms with Gasteiger partial charge in [-0.05, 0) is 67.6 Å². The highest BCUT2D eigenvalue weighted by Crippen LogP contribution is 2.38. The van der Waals surface area contributed by atoms with Crippen molar-refractivity contribution in [1.29, 1.82) is 0 Å². The number of amides is 1. The van der Waals surface area contributed by atoms with Crippen LogP contribution in [-0.2, 0) is 36.5 Å². The van der Waals surface area contributed by atoms with E-state index in [1.165, 1.54) is 4.90 Å².